The van der Waals surface area contributed by atoms with Crippen LogP contribution in [0.1, 0.15) is 50.0 Å². The summed E-state index contributed by atoms with van der Waals surface area (Å²) in [7, 11) is 0. The number of benzene rings is 1. The molecule has 1 aliphatic heterocycles. The fourth-order valence-corrected chi connectivity index (χ4v) is 2.66. The van der Waals surface area contributed by atoms with Crippen LogP contribution in [-0.2, 0) is 9.47 Å². The van der Waals surface area contributed by atoms with Crippen molar-refractivity contribution in [3.05, 3.63) is 41.0 Å². The van der Waals surface area contributed by atoms with Gasteiger partial charge in [0, 0.05) is 23.1 Å². The average molecular weight is 364 g/mol. The fourth-order valence-electron chi connectivity index (χ4n) is 2.66. The van der Waals surface area contributed by atoms with Gasteiger partial charge >= 0.3 is 6.18 Å². The first kappa shape index (κ1) is 19.8. The van der Waals surface area contributed by atoms with E-state index in [-0.39, 0.29) is 17.6 Å². The van der Waals surface area contributed by atoms with E-state index in [1.807, 2.05) is 0 Å². The van der Waals surface area contributed by atoms with Gasteiger partial charge < -0.3 is 9.47 Å². The van der Waals surface area contributed by atoms with Crippen molar-refractivity contribution in [2.24, 2.45) is 5.92 Å². The van der Waals surface area contributed by atoms with Crippen LogP contribution in [0.25, 0.3) is 6.08 Å². The van der Waals surface area contributed by atoms with E-state index in [2.05, 4.69) is 6.92 Å². The molecule has 0 radical (unpaired) electrons. The Morgan fingerprint density at radius 2 is 1.68 bits per heavy atom. The molecule has 0 bridgehead atoms. The lowest BCUT2D eigenvalue weighted by molar-refractivity contribution is -0.206. The van der Waals surface area contributed by atoms with Crippen LogP contribution in [0.2, 0.25) is 0 Å². The van der Waals surface area contributed by atoms with Gasteiger partial charge in [0.2, 0.25) is 0 Å². The molecule has 0 N–H and O–H groups in total. The first-order valence-electron chi connectivity index (χ1n) is 8.28. The van der Waals surface area contributed by atoms with Gasteiger partial charge in [-0.1, -0.05) is 26.2 Å². The zero-order valence-corrected chi connectivity index (χ0v) is 13.9. The van der Waals surface area contributed by atoms with Crippen LogP contribution < -0.4 is 0 Å². The van der Waals surface area contributed by atoms with Gasteiger partial charge in [0.25, 0.3) is 0 Å². The second-order valence-corrected chi connectivity index (χ2v) is 6.13. The third-order valence-electron chi connectivity index (χ3n) is 4.00. The number of allylic oxidation sites excluding steroid dienone is 1. The molecule has 0 amide bonds. The molecule has 1 aromatic carbocycles. The zero-order chi connectivity index (χ0) is 18.4. The normalized spacial score (nSPS) is 21.8. The smallest absolute Gasteiger partial charge is 0.348 e. The Balaban J connectivity index is 2.01. The van der Waals surface area contributed by atoms with E-state index in [1.165, 1.54) is 0 Å². The van der Waals surface area contributed by atoms with Crippen LogP contribution in [0.4, 0.5) is 22.0 Å². The summed E-state index contributed by atoms with van der Waals surface area (Å²) in [6.45, 7) is 2.96. The van der Waals surface area contributed by atoms with Crippen molar-refractivity contribution in [2.75, 3.05) is 13.2 Å². The summed E-state index contributed by atoms with van der Waals surface area (Å²) in [6, 6.07) is 1.89. The van der Waals surface area contributed by atoms with E-state index >= 15 is 0 Å². The number of unbranched alkanes of at least 4 members (excludes halogenated alkanes) is 2. The van der Waals surface area contributed by atoms with Crippen molar-refractivity contribution < 1.29 is 31.4 Å². The van der Waals surface area contributed by atoms with Crippen molar-refractivity contribution in [3.8, 4) is 0 Å². The van der Waals surface area contributed by atoms with Crippen molar-refractivity contribution in [1.29, 1.82) is 0 Å². The predicted octanol–water partition coefficient (Wildman–Crippen LogP) is 5.78. The molecule has 140 valence electrons. The average Bonchev–Trinajstić information content (AvgIpc) is 2.54. The summed E-state index contributed by atoms with van der Waals surface area (Å²) in [5.41, 5.74) is -0.625. The van der Waals surface area contributed by atoms with Gasteiger partial charge in [0.15, 0.2) is 6.29 Å². The van der Waals surface area contributed by atoms with E-state index in [0.29, 0.717) is 19.3 Å². The van der Waals surface area contributed by atoms with Gasteiger partial charge in [0.1, 0.15) is 11.6 Å². The topological polar surface area (TPSA) is 18.5 Å². The van der Waals surface area contributed by atoms with Gasteiger partial charge in [-0.25, -0.2) is 8.78 Å². The quantitative estimate of drug-likeness (QED) is 0.470. The lowest BCUT2D eigenvalue weighted by atomic mass is 10.0. The Morgan fingerprint density at radius 1 is 1.08 bits per heavy atom. The fraction of sp³-hybridized carbons (Fsp3) is 0.556. The zero-order valence-electron chi connectivity index (χ0n) is 13.9. The highest BCUT2D eigenvalue weighted by atomic mass is 19.4. The lowest BCUT2D eigenvalue weighted by Crippen LogP contribution is -2.27. The molecule has 7 heteroatoms. The molecule has 1 aliphatic rings. The van der Waals surface area contributed by atoms with Gasteiger partial charge in [-0.2, -0.15) is 13.2 Å². The molecule has 0 aromatic heterocycles. The second-order valence-electron chi connectivity index (χ2n) is 6.13. The standard InChI is InChI=1S/C18H21F5O2/c1-2-3-4-5-12-10-24-17(25-11-12)13-8-15(19)14(16(20)9-13)6-7-18(21,22)23/h6-9,12,17H,2-5,10-11H2,1H3/b7-6+. The first-order chi connectivity index (χ1) is 11.8. The maximum atomic E-state index is 14.0. The van der Waals surface area contributed by atoms with Crippen LogP contribution in [0, 0.1) is 17.6 Å². The minimum atomic E-state index is -4.64. The van der Waals surface area contributed by atoms with Crippen LogP contribution in [-0.4, -0.2) is 19.4 Å². The molecule has 1 saturated heterocycles. The van der Waals surface area contributed by atoms with Crippen molar-refractivity contribution in [3.63, 3.8) is 0 Å². The summed E-state index contributed by atoms with van der Waals surface area (Å²) in [5, 5.41) is 0. The van der Waals surface area contributed by atoms with Crippen molar-refractivity contribution in [2.45, 2.75) is 45.1 Å². The Kier molecular flexibility index (Phi) is 6.95. The molecular formula is C18H21F5O2. The van der Waals surface area contributed by atoms with E-state index in [0.717, 1.165) is 37.8 Å². The lowest BCUT2D eigenvalue weighted by Gasteiger charge is -2.29. The largest absolute Gasteiger partial charge is 0.409 e. The maximum Gasteiger partial charge on any atom is 0.409 e. The van der Waals surface area contributed by atoms with Gasteiger partial charge in [-0.15, -0.1) is 0 Å². The van der Waals surface area contributed by atoms with Crippen LogP contribution in [0.5, 0.6) is 0 Å². The summed E-state index contributed by atoms with van der Waals surface area (Å²) < 4.78 is 75.4. The molecule has 2 rings (SSSR count). The molecule has 0 spiro atoms. The van der Waals surface area contributed by atoms with E-state index in [1.54, 1.807) is 0 Å². The van der Waals surface area contributed by atoms with Gasteiger partial charge in [-0.05, 0) is 24.6 Å². The Hall–Kier alpha value is -1.47. The van der Waals surface area contributed by atoms with Crippen molar-refractivity contribution in [1.82, 2.24) is 0 Å². The molecule has 1 aromatic rings. The highest BCUT2D eigenvalue weighted by molar-refractivity contribution is 5.52. The molecule has 0 atom stereocenters. The van der Waals surface area contributed by atoms with E-state index < -0.39 is 29.7 Å². The third-order valence-corrected chi connectivity index (χ3v) is 4.00. The monoisotopic (exact) mass is 364 g/mol. The first-order valence-corrected chi connectivity index (χ1v) is 8.28. The number of ether oxygens (including phenoxy) is 2. The van der Waals surface area contributed by atoms with Crippen molar-refractivity contribution >= 4 is 6.08 Å². The minimum absolute atomic E-state index is 0.117. The predicted molar refractivity (Wildman–Crippen MR) is 83.7 cm³/mol. The number of hydrogen-bond acceptors (Lipinski definition) is 2. The maximum absolute atomic E-state index is 14.0. The third kappa shape index (κ3) is 6.08. The number of rotatable bonds is 6. The number of hydrogen-bond donors (Lipinski definition) is 0. The number of halogens is 5. The Labute approximate surface area is 143 Å². The molecule has 0 saturated carbocycles. The molecule has 0 unspecified atom stereocenters. The molecule has 25 heavy (non-hydrogen) atoms. The summed E-state index contributed by atoms with van der Waals surface area (Å²) >= 11 is 0. The van der Waals surface area contributed by atoms with E-state index in [4.69, 9.17) is 9.47 Å². The Bertz CT molecular complexity index is 567. The molecule has 1 heterocycles. The van der Waals surface area contributed by atoms with Crippen LogP contribution >= 0.6 is 0 Å². The highest BCUT2D eigenvalue weighted by Gasteiger charge is 2.26. The molecule has 2 nitrogen and oxygen atoms in total. The summed E-state index contributed by atoms with van der Waals surface area (Å²) in [6.07, 6.45) is -1.10. The van der Waals surface area contributed by atoms with Gasteiger partial charge in [-0.3, -0.25) is 0 Å². The SMILES string of the molecule is CCCCCC1COC(c2cc(F)c(/C=C/C(F)(F)F)c(F)c2)OC1. The molecular weight excluding hydrogens is 343 g/mol. The Morgan fingerprint density at radius 3 is 2.20 bits per heavy atom. The molecule has 1 fully saturated rings. The molecule has 0 aliphatic carbocycles. The minimum Gasteiger partial charge on any atom is -0.348 e. The highest BCUT2D eigenvalue weighted by Crippen LogP contribution is 2.30. The van der Waals surface area contributed by atoms with Gasteiger partial charge in [0.05, 0.1) is 13.2 Å². The van der Waals surface area contributed by atoms with E-state index in [9.17, 15) is 22.0 Å². The van der Waals surface area contributed by atoms with Crippen LogP contribution in [0.15, 0.2) is 18.2 Å². The summed E-state index contributed by atoms with van der Waals surface area (Å²) in [5.74, 6) is -1.94. The second kappa shape index (κ2) is 8.76. The van der Waals surface area contributed by atoms with Crippen LogP contribution in [0.3, 0.4) is 0 Å². The summed E-state index contributed by atoms with van der Waals surface area (Å²) in [4.78, 5) is 0. The number of alkyl halides is 3.